The maximum Gasteiger partial charge on any atom is 0.270 e. The van der Waals surface area contributed by atoms with Gasteiger partial charge in [0.1, 0.15) is 0 Å². The summed E-state index contributed by atoms with van der Waals surface area (Å²) in [5.41, 5.74) is 2.26. The van der Waals surface area contributed by atoms with Gasteiger partial charge in [0.25, 0.3) is 11.4 Å². The minimum absolute atomic E-state index is 0.0280. The van der Waals surface area contributed by atoms with Crippen molar-refractivity contribution in [2.75, 3.05) is 19.6 Å². The van der Waals surface area contributed by atoms with E-state index in [-0.39, 0.29) is 17.2 Å². The van der Waals surface area contributed by atoms with E-state index in [9.17, 15) is 25.0 Å². The Balaban J connectivity index is 1.68. The molecule has 1 aliphatic heterocycles. The summed E-state index contributed by atoms with van der Waals surface area (Å²) < 4.78 is 0. The smallest absolute Gasteiger partial charge is 0.270 e. The van der Waals surface area contributed by atoms with Gasteiger partial charge in [0.05, 0.1) is 9.85 Å². The molecule has 2 fully saturated rings. The van der Waals surface area contributed by atoms with Gasteiger partial charge in [-0.1, -0.05) is 24.3 Å². The van der Waals surface area contributed by atoms with Gasteiger partial charge >= 0.3 is 0 Å². The number of carbonyl (C=O) groups is 1. The largest absolute Gasteiger partial charge is 0.294 e. The first-order chi connectivity index (χ1) is 14.9. The highest BCUT2D eigenvalue weighted by atomic mass is 16.6. The van der Waals surface area contributed by atoms with E-state index < -0.39 is 9.85 Å². The third kappa shape index (κ3) is 5.10. The minimum atomic E-state index is -0.461. The van der Waals surface area contributed by atoms with Crippen molar-refractivity contribution in [3.05, 3.63) is 91.0 Å². The molecule has 1 saturated heterocycles. The Labute approximate surface area is 178 Å². The topological polar surface area (TPSA) is 107 Å². The molecular weight excluding hydrogens is 398 g/mol. The van der Waals surface area contributed by atoms with Gasteiger partial charge in [0.2, 0.25) is 0 Å². The monoisotopic (exact) mass is 419 g/mol. The molecule has 0 N–H and O–H groups in total. The molecule has 1 saturated carbocycles. The number of carbonyl (C=O) groups excluding carboxylic acids is 1. The summed E-state index contributed by atoms with van der Waals surface area (Å²) in [7, 11) is 0. The van der Waals surface area contributed by atoms with Gasteiger partial charge in [-0.15, -0.1) is 0 Å². The quantitative estimate of drug-likeness (QED) is 0.393. The Morgan fingerprint density at radius 2 is 1.35 bits per heavy atom. The van der Waals surface area contributed by atoms with Gasteiger partial charge in [0, 0.05) is 55.0 Å². The van der Waals surface area contributed by atoms with Crippen LogP contribution in [0.2, 0.25) is 0 Å². The van der Waals surface area contributed by atoms with Crippen molar-refractivity contribution in [1.29, 1.82) is 0 Å². The predicted molar refractivity (Wildman–Crippen MR) is 116 cm³/mol. The van der Waals surface area contributed by atoms with Gasteiger partial charge in [-0.05, 0) is 42.0 Å². The molecule has 2 aromatic carbocycles. The summed E-state index contributed by atoms with van der Waals surface area (Å²) in [6, 6.07) is 12.4. The van der Waals surface area contributed by atoms with Crippen LogP contribution in [0.4, 0.5) is 11.4 Å². The summed E-state index contributed by atoms with van der Waals surface area (Å²) in [5.74, 6) is 0.497. The lowest BCUT2D eigenvalue weighted by atomic mass is 9.94. The molecule has 8 heteroatoms. The first-order valence-electron chi connectivity index (χ1n) is 10.1. The van der Waals surface area contributed by atoms with E-state index in [0.29, 0.717) is 41.3 Å². The van der Waals surface area contributed by atoms with E-state index in [0.717, 1.165) is 6.54 Å². The maximum absolute atomic E-state index is 13.2. The van der Waals surface area contributed by atoms with E-state index in [1.807, 2.05) is 0 Å². The number of hydrogen-bond acceptors (Lipinski definition) is 6. The lowest BCUT2D eigenvalue weighted by Gasteiger charge is -2.29. The van der Waals surface area contributed by atoms with Gasteiger partial charge in [0.15, 0.2) is 5.78 Å². The average Bonchev–Trinajstić information content (AvgIpc) is 3.56. The van der Waals surface area contributed by atoms with E-state index in [4.69, 9.17) is 0 Å². The number of nitrogens with zero attached hydrogens (tertiary/aromatic N) is 3. The number of rotatable bonds is 6. The second kappa shape index (κ2) is 8.61. The zero-order valence-electron chi connectivity index (χ0n) is 16.8. The van der Waals surface area contributed by atoms with Crippen LogP contribution in [0.1, 0.15) is 24.0 Å². The summed E-state index contributed by atoms with van der Waals surface area (Å²) >= 11 is 0. The van der Waals surface area contributed by atoms with Gasteiger partial charge < -0.3 is 0 Å². The van der Waals surface area contributed by atoms with Gasteiger partial charge in [-0.3, -0.25) is 29.9 Å². The van der Waals surface area contributed by atoms with Crippen LogP contribution >= 0.6 is 0 Å². The Morgan fingerprint density at radius 1 is 0.871 bits per heavy atom. The molecule has 1 heterocycles. The van der Waals surface area contributed by atoms with Crippen molar-refractivity contribution in [1.82, 2.24) is 4.90 Å². The van der Waals surface area contributed by atoms with Crippen LogP contribution in [0.25, 0.3) is 12.2 Å². The lowest BCUT2D eigenvalue weighted by Crippen LogP contribution is -2.38. The summed E-state index contributed by atoms with van der Waals surface area (Å²) in [6.45, 7) is 1.83. The minimum Gasteiger partial charge on any atom is -0.294 e. The standard InChI is InChI=1S/C23H21N3O5/c27-23-19(9-17-3-1-5-21(11-17)25(28)29)14-24(13-16-7-8-16)15-20(23)10-18-4-2-6-22(12-18)26(30)31/h1-6,9-12,16H,7-8,13-15H2/b19-9+,20-10+. The predicted octanol–water partition coefficient (Wildman–Crippen LogP) is 4.26. The van der Waals surface area contributed by atoms with Crippen molar-refractivity contribution in [3.63, 3.8) is 0 Å². The fourth-order valence-corrected chi connectivity index (χ4v) is 3.76. The van der Waals surface area contributed by atoms with Gasteiger partial charge in [-0.2, -0.15) is 0 Å². The first kappa shape index (κ1) is 20.6. The molecular formula is C23H21N3O5. The van der Waals surface area contributed by atoms with Crippen LogP contribution in [0, 0.1) is 26.1 Å². The van der Waals surface area contributed by atoms with E-state index in [2.05, 4.69) is 4.90 Å². The number of Topliss-reactive ketones (excluding diaryl/α,β-unsaturated/α-hetero) is 1. The van der Waals surface area contributed by atoms with Crippen LogP contribution in [0.5, 0.6) is 0 Å². The van der Waals surface area contributed by atoms with Crippen molar-refractivity contribution in [2.24, 2.45) is 5.92 Å². The molecule has 8 nitrogen and oxygen atoms in total. The molecule has 31 heavy (non-hydrogen) atoms. The van der Waals surface area contributed by atoms with Crippen molar-refractivity contribution < 1.29 is 14.6 Å². The Morgan fingerprint density at radius 3 is 1.77 bits per heavy atom. The second-order valence-corrected chi connectivity index (χ2v) is 7.99. The molecule has 0 amide bonds. The zero-order valence-corrected chi connectivity index (χ0v) is 16.8. The average molecular weight is 419 g/mol. The molecule has 0 unspecified atom stereocenters. The van der Waals surface area contributed by atoms with Crippen LogP contribution in [0.15, 0.2) is 59.7 Å². The molecule has 0 aromatic heterocycles. The Hall–Kier alpha value is -3.65. The van der Waals surface area contributed by atoms with Crippen LogP contribution < -0.4 is 0 Å². The summed E-state index contributed by atoms with van der Waals surface area (Å²) in [6.07, 6.45) is 5.77. The summed E-state index contributed by atoms with van der Waals surface area (Å²) in [4.78, 5) is 36.6. The Bertz CT molecular complexity index is 1040. The molecule has 0 atom stereocenters. The van der Waals surface area contributed by atoms with E-state index in [1.54, 1.807) is 36.4 Å². The zero-order chi connectivity index (χ0) is 22.0. The molecule has 158 valence electrons. The number of piperidine rings is 1. The van der Waals surface area contributed by atoms with Crippen LogP contribution in [0.3, 0.4) is 0 Å². The lowest BCUT2D eigenvalue weighted by molar-refractivity contribution is -0.385. The number of hydrogen-bond donors (Lipinski definition) is 0. The second-order valence-electron chi connectivity index (χ2n) is 7.99. The molecule has 0 bridgehead atoms. The number of nitro groups is 2. The van der Waals surface area contributed by atoms with E-state index in [1.165, 1.54) is 37.1 Å². The van der Waals surface area contributed by atoms with E-state index >= 15 is 0 Å². The normalized spacial score (nSPS) is 19.7. The number of nitro benzene ring substituents is 2. The fourth-order valence-electron chi connectivity index (χ4n) is 3.76. The third-order valence-electron chi connectivity index (χ3n) is 5.43. The van der Waals surface area contributed by atoms with Crippen molar-refractivity contribution in [2.45, 2.75) is 12.8 Å². The number of likely N-dealkylation sites (tertiary alicyclic amines) is 1. The Kier molecular flexibility index (Phi) is 5.73. The number of non-ortho nitro benzene ring substituents is 2. The van der Waals surface area contributed by atoms with Crippen LogP contribution in [-0.4, -0.2) is 40.2 Å². The molecule has 2 aliphatic rings. The van der Waals surface area contributed by atoms with Crippen molar-refractivity contribution >= 4 is 29.3 Å². The first-order valence-corrected chi connectivity index (χ1v) is 10.1. The number of benzene rings is 2. The number of ketones is 1. The highest BCUT2D eigenvalue weighted by Crippen LogP contribution is 2.32. The molecule has 2 aromatic rings. The summed E-state index contributed by atoms with van der Waals surface area (Å²) in [5, 5.41) is 22.1. The third-order valence-corrected chi connectivity index (χ3v) is 5.43. The highest BCUT2D eigenvalue weighted by Gasteiger charge is 2.31. The molecule has 4 rings (SSSR count). The maximum atomic E-state index is 13.2. The highest BCUT2D eigenvalue weighted by molar-refractivity contribution is 6.14. The van der Waals surface area contributed by atoms with Gasteiger partial charge in [-0.25, -0.2) is 0 Å². The van der Waals surface area contributed by atoms with Crippen LogP contribution in [-0.2, 0) is 4.79 Å². The molecule has 0 spiro atoms. The van der Waals surface area contributed by atoms with Crippen molar-refractivity contribution in [3.8, 4) is 0 Å². The fraction of sp³-hybridized carbons (Fsp3) is 0.261. The molecule has 0 radical (unpaired) electrons. The molecule has 1 aliphatic carbocycles. The SMILES string of the molecule is O=C1/C(=C/c2cccc([N+](=O)[O-])c2)CN(CC2CC2)C/C1=C\c1cccc([N+](=O)[O-])c1.